The first-order chi connectivity index (χ1) is 17.8. The van der Waals surface area contributed by atoms with Crippen molar-refractivity contribution in [3.8, 4) is 0 Å². The Balaban J connectivity index is 1.70. The molecule has 0 aromatic heterocycles. The van der Waals surface area contributed by atoms with Gasteiger partial charge in [0.05, 0.1) is 31.0 Å². The number of carbonyl (C=O) groups is 1. The summed E-state index contributed by atoms with van der Waals surface area (Å²) in [4.78, 5) is 12.8. The highest BCUT2D eigenvalue weighted by atomic mass is 16.6. The quantitative estimate of drug-likeness (QED) is 0.379. The zero-order valence-electron chi connectivity index (χ0n) is 22.8. The van der Waals surface area contributed by atoms with Gasteiger partial charge in [-0.15, -0.1) is 0 Å². The Labute approximate surface area is 223 Å². The fourth-order valence-corrected chi connectivity index (χ4v) is 5.30. The number of hydrogen-bond acceptors (Lipinski definition) is 6. The average molecular weight is 515 g/mol. The molecule has 0 fully saturated rings. The standard InChI is InChI=1S/C31H46O6/c1-22-16-17-35-27(20-22)14-15-29(34-4)30-12-5-8-25(32)19-23(2)18-24(3)21-28-11-6-9-26(36-28)10-7-13-31(33)37-30/h5-6,8-9,14-16,24-30,32H,2,7,10-13,17-21H2,1,3-4H3/b8-5+,15-14?. The van der Waals surface area contributed by atoms with Gasteiger partial charge in [-0.1, -0.05) is 67.2 Å². The average Bonchev–Trinajstić information content (AvgIpc) is 2.83. The monoisotopic (exact) mass is 514 g/mol. The van der Waals surface area contributed by atoms with E-state index in [0.717, 1.165) is 37.7 Å². The van der Waals surface area contributed by atoms with Crippen LogP contribution < -0.4 is 0 Å². The lowest BCUT2D eigenvalue weighted by molar-refractivity contribution is -0.154. The molecule has 0 aromatic rings. The molecule has 37 heavy (non-hydrogen) atoms. The molecule has 2 bridgehead atoms. The van der Waals surface area contributed by atoms with Crippen LogP contribution in [0.3, 0.4) is 0 Å². The summed E-state index contributed by atoms with van der Waals surface area (Å²) in [6, 6.07) is 0. The highest BCUT2D eigenvalue weighted by Crippen LogP contribution is 2.26. The van der Waals surface area contributed by atoms with E-state index in [1.54, 1.807) is 13.2 Å². The van der Waals surface area contributed by atoms with Crippen molar-refractivity contribution >= 4 is 5.97 Å². The number of carbonyl (C=O) groups excluding carboxylic acids is 1. The molecule has 0 amide bonds. The van der Waals surface area contributed by atoms with Gasteiger partial charge in [0, 0.05) is 20.0 Å². The van der Waals surface area contributed by atoms with Crippen LogP contribution in [0.25, 0.3) is 0 Å². The third-order valence-electron chi connectivity index (χ3n) is 7.22. The molecule has 1 N–H and O–H groups in total. The molecule has 0 saturated heterocycles. The molecule has 3 aliphatic heterocycles. The molecule has 6 nitrogen and oxygen atoms in total. The van der Waals surface area contributed by atoms with Crippen molar-refractivity contribution in [1.82, 2.24) is 0 Å². The van der Waals surface area contributed by atoms with Crippen LogP contribution >= 0.6 is 0 Å². The fraction of sp³-hybridized carbons (Fsp3) is 0.645. The summed E-state index contributed by atoms with van der Waals surface area (Å²) in [5.41, 5.74) is 2.33. The first-order valence-electron chi connectivity index (χ1n) is 13.8. The van der Waals surface area contributed by atoms with E-state index in [1.807, 2.05) is 18.2 Å². The number of hydrogen-bond donors (Lipinski definition) is 1. The second kappa shape index (κ2) is 15.4. The molecule has 3 rings (SSSR count). The van der Waals surface area contributed by atoms with Crippen LogP contribution in [0.1, 0.15) is 71.6 Å². The largest absolute Gasteiger partial charge is 0.459 e. The van der Waals surface area contributed by atoms with Gasteiger partial charge in [0.25, 0.3) is 0 Å². The molecule has 3 aliphatic rings. The van der Waals surface area contributed by atoms with Crippen molar-refractivity contribution < 1.29 is 28.8 Å². The number of methoxy groups -OCH3 is 1. The summed E-state index contributed by atoms with van der Waals surface area (Å²) >= 11 is 0. The Morgan fingerprint density at radius 3 is 2.78 bits per heavy atom. The molecule has 0 aliphatic carbocycles. The molecular weight excluding hydrogens is 468 g/mol. The van der Waals surface area contributed by atoms with Crippen LogP contribution in [0.15, 0.2) is 60.3 Å². The molecule has 206 valence electrons. The van der Waals surface area contributed by atoms with Crippen molar-refractivity contribution in [3.63, 3.8) is 0 Å². The molecule has 0 radical (unpaired) electrons. The maximum Gasteiger partial charge on any atom is 0.306 e. The number of rotatable bonds is 4. The van der Waals surface area contributed by atoms with E-state index in [0.29, 0.717) is 38.2 Å². The summed E-state index contributed by atoms with van der Waals surface area (Å²) in [5, 5.41) is 10.6. The van der Waals surface area contributed by atoms with Gasteiger partial charge in [-0.3, -0.25) is 4.79 Å². The Kier molecular flexibility index (Phi) is 12.3. The van der Waals surface area contributed by atoms with Gasteiger partial charge in [-0.25, -0.2) is 0 Å². The van der Waals surface area contributed by atoms with E-state index in [2.05, 4.69) is 38.7 Å². The number of cyclic esters (lactones) is 1. The van der Waals surface area contributed by atoms with Gasteiger partial charge >= 0.3 is 5.97 Å². The van der Waals surface area contributed by atoms with Gasteiger partial charge < -0.3 is 24.1 Å². The second-order valence-corrected chi connectivity index (χ2v) is 10.8. The third kappa shape index (κ3) is 10.7. The summed E-state index contributed by atoms with van der Waals surface area (Å²) in [5.74, 6) is 0.183. The van der Waals surface area contributed by atoms with E-state index in [9.17, 15) is 9.90 Å². The fourth-order valence-electron chi connectivity index (χ4n) is 5.30. The Morgan fingerprint density at radius 2 is 2.00 bits per heavy atom. The Morgan fingerprint density at radius 1 is 1.19 bits per heavy atom. The predicted octanol–water partition coefficient (Wildman–Crippen LogP) is 5.77. The van der Waals surface area contributed by atoms with E-state index in [-0.39, 0.29) is 24.3 Å². The number of aliphatic hydroxyl groups is 1. The molecule has 3 heterocycles. The first-order valence-corrected chi connectivity index (χ1v) is 13.8. The minimum atomic E-state index is -0.630. The zero-order chi connectivity index (χ0) is 26.6. The van der Waals surface area contributed by atoms with Crippen LogP contribution in [0, 0.1) is 5.92 Å². The normalized spacial score (nSPS) is 34.8. The van der Waals surface area contributed by atoms with Crippen LogP contribution in [-0.2, 0) is 23.7 Å². The van der Waals surface area contributed by atoms with Crippen LogP contribution in [0.4, 0.5) is 0 Å². The van der Waals surface area contributed by atoms with Crippen molar-refractivity contribution in [2.75, 3.05) is 13.7 Å². The predicted molar refractivity (Wildman–Crippen MR) is 146 cm³/mol. The van der Waals surface area contributed by atoms with Crippen molar-refractivity contribution in [2.24, 2.45) is 5.92 Å². The van der Waals surface area contributed by atoms with E-state index >= 15 is 0 Å². The lowest BCUT2D eigenvalue weighted by atomic mass is 9.91. The zero-order valence-corrected chi connectivity index (χ0v) is 22.8. The van der Waals surface area contributed by atoms with Gasteiger partial charge in [-0.05, 0) is 57.8 Å². The maximum absolute atomic E-state index is 12.8. The minimum absolute atomic E-state index is 0.0179. The molecule has 7 unspecified atom stereocenters. The Hall–Kier alpha value is -1.99. The smallest absolute Gasteiger partial charge is 0.306 e. The summed E-state index contributed by atoms with van der Waals surface area (Å²) in [6.07, 6.45) is 19.0. The number of esters is 1. The topological polar surface area (TPSA) is 74.2 Å². The maximum atomic E-state index is 12.8. The highest BCUT2D eigenvalue weighted by Gasteiger charge is 2.25. The van der Waals surface area contributed by atoms with Crippen LogP contribution in [0.5, 0.6) is 0 Å². The summed E-state index contributed by atoms with van der Waals surface area (Å²) in [7, 11) is 1.62. The molecule has 6 heteroatoms. The highest BCUT2D eigenvalue weighted by molar-refractivity contribution is 5.69. The molecule has 0 spiro atoms. The third-order valence-corrected chi connectivity index (χ3v) is 7.22. The van der Waals surface area contributed by atoms with Crippen molar-refractivity contribution in [2.45, 2.75) is 108 Å². The van der Waals surface area contributed by atoms with Crippen molar-refractivity contribution in [1.29, 1.82) is 0 Å². The van der Waals surface area contributed by atoms with Crippen molar-refractivity contribution in [3.05, 3.63) is 60.3 Å². The molecule has 7 atom stereocenters. The number of fused-ring (bicyclic) bond motifs is 2. The van der Waals surface area contributed by atoms with Gasteiger partial charge in [0.15, 0.2) is 0 Å². The minimum Gasteiger partial charge on any atom is -0.459 e. The number of ether oxygens (including phenoxy) is 4. The first kappa shape index (κ1) is 29.6. The Bertz CT molecular complexity index is 856. The molecule has 0 saturated carbocycles. The van der Waals surface area contributed by atoms with Crippen LogP contribution in [0.2, 0.25) is 0 Å². The lowest BCUT2D eigenvalue weighted by Gasteiger charge is -2.28. The van der Waals surface area contributed by atoms with E-state index in [4.69, 9.17) is 18.9 Å². The molecular formula is C31H46O6. The molecule has 0 aromatic carbocycles. The summed E-state index contributed by atoms with van der Waals surface area (Å²) < 4.78 is 23.7. The van der Waals surface area contributed by atoms with E-state index < -0.39 is 18.3 Å². The SMILES string of the molecule is C=C1CC(O)/C=C/CC(C(C=CC2CC(C)=CCO2)OC)OC(=O)CCCC2C=CCC(CC(C)C1)O2. The summed E-state index contributed by atoms with van der Waals surface area (Å²) in [6.45, 7) is 9.12. The van der Waals surface area contributed by atoms with Gasteiger partial charge in [0.1, 0.15) is 12.2 Å². The van der Waals surface area contributed by atoms with Crippen LogP contribution in [-0.4, -0.2) is 61.4 Å². The van der Waals surface area contributed by atoms with Gasteiger partial charge in [-0.2, -0.15) is 0 Å². The van der Waals surface area contributed by atoms with E-state index in [1.165, 1.54) is 5.57 Å². The lowest BCUT2D eigenvalue weighted by Crippen LogP contribution is -2.32. The second-order valence-electron chi connectivity index (χ2n) is 10.8. The van der Waals surface area contributed by atoms with Gasteiger partial charge in [0.2, 0.25) is 0 Å². The number of aliphatic hydroxyl groups excluding tert-OH is 1.